The van der Waals surface area contributed by atoms with Crippen LogP contribution in [0.15, 0.2) is 46.6 Å². The van der Waals surface area contributed by atoms with Gasteiger partial charge in [-0.15, -0.1) is 11.3 Å². The molecule has 0 unspecified atom stereocenters. The number of aromatic nitrogens is 1. The lowest BCUT2D eigenvalue weighted by atomic mass is 9.89. The van der Waals surface area contributed by atoms with E-state index in [4.69, 9.17) is 10.5 Å². The summed E-state index contributed by atoms with van der Waals surface area (Å²) in [4.78, 5) is 15.6. The van der Waals surface area contributed by atoms with E-state index in [1.807, 2.05) is 24.4 Å². The average Bonchev–Trinajstić information content (AvgIpc) is 3.33. The summed E-state index contributed by atoms with van der Waals surface area (Å²) < 4.78 is 6.54. The molecule has 0 radical (unpaired) electrons. The molecule has 0 spiro atoms. The molecule has 5 rings (SSSR count). The normalized spacial score (nSPS) is 15.1. The number of ether oxygens (including phenoxy) is 1. The van der Waals surface area contributed by atoms with Gasteiger partial charge in [0, 0.05) is 16.3 Å². The first-order chi connectivity index (χ1) is 14.1. The van der Waals surface area contributed by atoms with E-state index in [1.165, 1.54) is 29.7 Å². The predicted molar refractivity (Wildman–Crippen MR) is 121 cm³/mol. The molecule has 3 N–H and O–H groups in total. The molecular formula is C24H24N2O2S. The smallest absolute Gasteiger partial charge is 0.266 e. The molecule has 0 atom stereocenters. The van der Waals surface area contributed by atoms with Crippen molar-refractivity contribution >= 4 is 32.3 Å². The number of pyridine rings is 1. The number of aryl methyl sites for hydroxylation is 1. The van der Waals surface area contributed by atoms with Gasteiger partial charge >= 0.3 is 0 Å². The molecule has 2 heterocycles. The van der Waals surface area contributed by atoms with Gasteiger partial charge in [0.1, 0.15) is 10.4 Å². The summed E-state index contributed by atoms with van der Waals surface area (Å²) in [7, 11) is 1.70. The quantitative estimate of drug-likeness (QED) is 0.486. The Hall–Kier alpha value is -2.63. The van der Waals surface area contributed by atoms with Crippen LogP contribution in [0, 0.1) is 6.92 Å². The molecule has 29 heavy (non-hydrogen) atoms. The molecule has 2 aromatic heterocycles. The van der Waals surface area contributed by atoms with Gasteiger partial charge in [-0.2, -0.15) is 0 Å². The van der Waals surface area contributed by atoms with Crippen LogP contribution in [0.3, 0.4) is 0 Å². The van der Waals surface area contributed by atoms with E-state index in [-0.39, 0.29) is 11.0 Å². The number of nitrogens with one attached hydrogen (secondary N) is 1. The third-order valence-electron chi connectivity index (χ3n) is 6.35. The molecule has 0 amide bonds. The van der Waals surface area contributed by atoms with E-state index in [0.29, 0.717) is 0 Å². The summed E-state index contributed by atoms with van der Waals surface area (Å²) in [5, 5.41) is 4.01. The fourth-order valence-electron chi connectivity index (χ4n) is 4.62. The molecule has 1 aliphatic rings. The largest absolute Gasteiger partial charge is 0.496 e. The SMILES string of the molecule is COc1cc(C)c2[nH]c(=O)c3sccc3c2c1-c1ccc(C2(CCN)CC2)cc1. The minimum atomic E-state index is -0.0328. The van der Waals surface area contributed by atoms with Crippen LogP contribution in [0.5, 0.6) is 5.75 Å². The van der Waals surface area contributed by atoms with E-state index < -0.39 is 0 Å². The number of hydrogen-bond acceptors (Lipinski definition) is 4. The molecule has 148 valence electrons. The third-order valence-corrected chi connectivity index (χ3v) is 7.26. The molecule has 1 fully saturated rings. The molecule has 1 aliphatic carbocycles. The molecule has 0 saturated heterocycles. The van der Waals surface area contributed by atoms with Crippen LogP contribution in [0.1, 0.15) is 30.4 Å². The molecule has 2 aromatic carbocycles. The topological polar surface area (TPSA) is 68.1 Å². The van der Waals surface area contributed by atoms with Crippen molar-refractivity contribution in [3.05, 3.63) is 63.3 Å². The molecule has 0 bridgehead atoms. The number of nitrogens with two attached hydrogens (primary N) is 1. The summed E-state index contributed by atoms with van der Waals surface area (Å²) in [6.45, 7) is 2.73. The van der Waals surface area contributed by atoms with Crippen LogP contribution in [0.2, 0.25) is 0 Å². The minimum absolute atomic E-state index is 0.0328. The lowest BCUT2D eigenvalue weighted by molar-refractivity contribution is 0.416. The van der Waals surface area contributed by atoms with Crippen LogP contribution in [-0.4, -0.2) is 18.6 Å². The van der Waals surface area contributed by atoms with Crippen LogP contribution in [0.25, 0.3) is 32.1 Å². The second kappa shape index (κ2) is 6.71. The van der Waals surface area contributed by atoms with Gasteiger partial charge in [-0.1, -0.05) is 24.3 Å². The zero-order valence-electron chi connectivity index (χ0n) is 16.7. The number of H-pyrrole nitrogens is 1. The Morgan fingerprint density at radius 3 is 2.62 bits per heavy atom. The van der Waals surface area contributed by atoms with E-state index in [1.54, 1.807) is 7.11 Å². The zero-order chi connectivity index (χ0) is 20.2. The van der Waals surface area contributed by atoms with E-state index in [0.717, 1.165) is 56.4 Å². The van der Waals surface area contributed by atoms with Gasteiger partial charge in [0.2, 0.25) is 0 Å². The van der Waals surface area contributed by atoms with E-state index in [9.17, 15) is 4.79 Å². The highest BCUT2D eigenvalue weighted by molar-refractivity contribution is 7.17. The van der Waals surface area contributed by atoms with Crippen LogP contribution in [0.4, 0.5) is 0 Å². The van der Waals surface area contributed by atoms with Crippen molar-refractivity contribution in [2.45, 2.75) is 31.6 Å². The van der Waals surface area contributed by atoms with Crippen molar-refractivity contribution in [2.75, 3.05) is 13.7 Å². The molecule has 4 aromatic rings. The van der Waals surface area contributed by atoms with Gasteiger partial charge < -0.3 is 15.5 Å². The van der Waals surface area contributed by atoms with Crippen LogP contribution < -0.4 is 16.0 Å². The number of rotatable bonds is 5. The Balaban J connectivity index is 1.77. The summed E-state index contributed by atoms with van der Waals surface area (Å²) in [5.41, 5.74) is 11.5. The van der Waals surface area contributed by atoms with Crippen molar-refractivity contribution in [3.8, 4) is 16.9 Å². The van der Waals surface area contributed by atoms with Crippen molar-refractivity contribution in [1.82, 2.24) is 4.98 Å². The maximum atomic E-state index is 12.5. The molecule has 5 heteroatoms. The van der Waals surface area contributed by atoms with Crippen LogP contribution in [-0.2, 0) is 5.41 Å². The van der Waals surface area contributed by atoms with Gasteiger partial charge in [-0.3, -0.25) is 4.79 Å². The van der Waals surface area contributed by atoms with Crippen LogP contribution >= 0.6 is 11.3 Å². The van der Waals surface area contributed by atoms with Gasteiger partial charge in [-0.05, 0) is 72.3 Å². The predicted octanol–water partition coefficient (Wildman–Crippen LogP) is 5.11. The van der Waals surface area contributed by atoms with E-state index in [2.05, 4.69) is 29.2 Å². The molecular weight excluding hydrogens is 380 g/mol. The first kappa shape index (κ1) is 18.4. The Morgan fingerprint density at radius 1 is 1.21 bits per heavy atom. The number of aromatic amines is 1. The average molecular weight is 405 g/mol. The Bertz CT molecular complexity index is 1280. The third kappa shape index (κ3) is 2.80. The number of hydrogen-bond donors (Lipinski definition) is 2. The first-order valence-corrected chi connectivity index (χ1v) is 10.9. The highest BCUT2D eigenvalue weighted by Gasteiger charge is 2.43. The standard InChI is InChI=1S/C24H24N2O2S/c1-14-13-18(28-2)19(20-17-7-12-29-22(17)23(27)26-21(14)20)15-3-5-16(6-4-15)24(8-9-24)10-11-25/h3-7,12-13H,8-11,25H2,1-2H3,(H,26,27). The fourth-order valence-corrected chi connectivity index (χ4v) is 5.41. The summed E-state index contributed by atoms with van der Waals surface area (Å²) in [6, 6.07) is 12.9. The number of fused-ring (bicyclic) bond motifs is 3. The summed E-state index contributed by atoms with van der Waals surface area (Å²) in [5.74, 6) is 0.824. The summed E-state index contributed by atoms with van der Waals surface area (Å²) in [6.07, 6.45) is 3.48. The van der Waals surface area contributed by atoms with Gasteiger partial charge in [0.25, 0.3) is 5.56 Å². The van der Waals surface area contributed by atoms with Gasteiger partial charge in [0.05, 0.1) is 12.6 Å². The highest BCUT2D eigenvalue weighted by atomic mass is 32.1. The Kier molecular flexibility index (Phi) is 4.26. The number of methoxy groups -OCH3 is 1. The monoisotopic (exact) mass is 404 g/mol. The van der Waals surface area contributed by atoms with Gasteiger partial charge in [-0.25, -0.2) is 0 Å². The fraction of sp³-hybridized carbons (Fsp3) is 0.292. The lowest BCUT2D eigenvalue weighted by Crippen LogP contribution is -2.13. The second-order valence-corrected chi connectivity index (χ2v) is 8.95. The minimum Gasteiger partial charge on any atom is -0.496 e. The van der Waals surface area contributed by atoms with Crippen molar-refractivity contribution in [3.63, 3.8) is 0 Å². The maximum Gasteiger partial charge on any atom is 0.266 e. The first-order valence-electron chi connectivity index (χ1n) is 10.00. The van der Waals surface area contributed by atoms with Crippen molar-refractivity contribution in [2.24, 2.45) is 5.73 Å². The number of thiophene rings is 1. The second-order valence-electron chi connectivity index (χ2n) is 8.03. The van der Waals surface area contributed by atoms with Crippen molar-refractivity contribution < 1.29 is 4.74 Å². The molecule has 1 saturated carbocycles. The Morgan fingerprint density at radius 2 is 1.97 bits per heavy atom. The molecule has 4 nitrogen and oxygen atoms in total. The zero-order valence-corrected chi connectivity index (χ0v) is 17.5. The molecule has 0 aliphatic heterocycles. The Labute approximate surface area is 173 Å². The highest BCUT2D eigenvalue weighted by Crippen LogP contribution is 2.51. The summed E-state index contributed by atoms with van der Waals surface area (Å²) >= 11 is 1.48. The maximum absolute atomic E-state index is 12.5. The lowest BCUT2D eigenvalue weighted by Gasteiger charge is -2.18. The van der Waals surface area contributed by atoms with Crippen molar-refractivity contribution in [1.29, 1.82) is 0 Å². The number of benzene rings is 2. The van der Waals surface area contributed by atoms with E-state index >= 15 is 0 Å². The van der Waals surface area contributed by atoms with Gasteiger partial charge in [0.15, 0.2) is 0 Å².